The summed E-state index contributed by atoms with van der Waals surface area (Å²) in [5, 5.41) is 13.2. The van der Waals surface area contributed by atoms with Crippen molar-refractivity contribution in [2.75, 3.05) is 19.6 Å². The fourth-order valence-electron chi connectivity index (χ4n) is 5.74. The van der Waals surface area contributed by atoms with Gasteiger partial charge in [-0.25, -0.2) is 0 Å². The molecule has 2 aromatic rings. The Morgan fingerprint density at radius 2 is 2.00 bits per heavy atom. The number of carbonyl (C=O) groups excluding carboxylic acids is 1. The molecule has 7 heteroatoms. The third kappa shape index (κ3) is 5.78. The summed E-state index contributed by atoms with van der Waals surface area (Å²) in [6, 6.07) is 12.3. The van der Waals surface area contributed by atoms with Crippen molar-refractivity contribution >= 4 is 12.0 Å². The number of hydrogen-bond donors (Lipinski definition) is 2. The average molecular weight is 485 g/mol. The smallest absolute Gasteiger partial charge is 0.416 e. The van der Waals surface area contributed by atoms with Crippen LogP contribution in [0.15, 0.2) is 67.3 Å². The van der Waals surface area contributed by atoms with E-state index < -0.39 is 11.7 Å². The SMILES string of the molecule is C=CCN1CCC2(c3cccc(O)c3)CC(NC(=O)/C=C/c3cccc(C(F)(F)F)c3)CCC2C1. The zero-order valence-electron chi connectivity index (χ0n) is 19.6. The second-order valence-corrected chi connectivity index (χ2v) is 9.65. The monoisotopic (exact) mass is 484 g/mol. The number of alkyl halides is 3. The highest BCUT2D eigenvalue weighted by Gasteiger charge is 2.48. The van der Waals surface area contributed by atoms with E-state index in [-0.39, 0.29) is 23.1 Å². The van der Waals surface area contributed by atoms with Gasteiger partial charge in [0.25, 0.3) is 0 Å². The van der Waals surface area contributed by atoms with Crippen LogP contribution in [0.25, 0.3) is 6.08 Å². The Labute approximate surface area is 204 Å². The highest BCUT2D eigenvalue weighted by atomic mass is 19.4. The van der Waals surface area contributed by atoms with Crippen LogP contribution in [-0.2, 0) is 16.4 Å². The molecule has 1 aliphatic carbocycles. The number of fused-ring (bicyclic) bond motifs is 1. The largest absolute Gasteiger partial charge is 0.508 e. The van der Waals surface area contributed by atoms with Gasteiger partial charge in [-0.3, -0.25) is 9.69 Å². The zero-order valence-corrected chi connectivity index (χ0v) is 19.6. The van der Waals surface area contributed by atoms with Gasteiger partial charge in [0.2, 0.25) is 5.91 Å². The molecule has 1 saturated heterocycles. The van der Waals surface area contributed by atoms with E-state index in [9.17, 15) is 23.1 Å². The molecule has 2 fully saturated rings. The van der Waals surface area contributed by atoms with Gasteiger partial charge in [-0.2, -0.15) is 13.2 Å². The molecule has 4 rings (SSSR count). The van der Waals surface area contributed by atoms with E-state index in [1.54, 1.807) is 6.07 Å². The minimum Gasteiger partial charge on any atom is -0.508 e. The van der Waals surface area contributed by atoms with Gasteiger partial charge in [-0.15, -0.1) is 6.58 Å². The Hall–Kier alpha value is -3.06. The number of phenols is 1. The van der Waals surface area contributed by atoms with E-state index >= 15 is 0 Å². The Morgan fingerprint density at radius 3 is 2.74 bits per heavy atom. The molecule has 0 spiro atoms. The molecule has 1 aliphatic heterocycles. The lowest BCUT2D eigenvalue weighted by Crippen LogP contribution is -2.56. The summed E-state index contributed by atoms with van der Waals surface area (Å²) in [6.45, 7) is 6.56. The van der Waals surface area contributed by atoms with Crippen LogP contribution in [0.5, 0.6) is 5.75 Å². The first-order valence-corrected chi connectivity index (χ1v) is 12.0. The Bertz CT molecular complexity index is 1100. The molecule has 3 unspecified atom stereocenters. The van der Waals surface area contributed by atoms with E-state index in [4.69, 9.17) is 0 Å². The van der Waals surface area contributed by atoms with Crippen LogP contribution in [0.2, 0.25) is 0 Å². The van der Waals surface area contributed by atoms with Gasteiger partial charge in [-0.05, 0) is 79.6 Å². The van der Waals surface area contributed by atoms with Crippen molar-refractivity contribution in [3.63, 3.8) is 0 Å². The zero-order chi connectivity index (χ0) is 25.1. The number of rotatable bonds is 6. The van der Waals surface area contributed by atoms with Crippen molar-refractivity contribution in [2.24, 2.45) is 5.92 Å². The molecule has 1 heterocycles. The highest BCUT2D eigenvalue weighted by Crippen LogP contribution is 2.49. The van der Waals surface area contributed by atoms with Crippen LogP contribution in [0.1, 0.15) is 42.4 Å². The van der Waals surface area contributed by atoms with Crippen molar-refractivity contribution in [3.8, 4) is 5.75 Å². The fraction of sp³-hybridized carbons (Fsp3) is 0.393. The second kappa shape index (κ2) is 10.3. The molecule has 1 saturated carbocycles. The molecule has 35 heavy (non-hydrogen) atoms. The van der Waals surface area contributed by atoms with Crippen LogP contribution < -0.4 is 5.32 Å². The van der Waals surface area contributed by atoms with E-state index in [0.29, 0.717) is 11.5 Å². The van der Waals surface area contributed by atoms with Crippen LogP contribution in [0, 0.1) is 5.92 Å². The van der Waals surface area contributed by atoms with Gasteiger partial charge in [0.05, 0.1) is 5.56 Å². The van der Waals surface area contributed by atoms with Crippen LogP contribution >= 0.6 is 0 Å². The first-order valence-electron chi connectivity index (χ1n) is 12.0. The third-order valence-electron chi connectivity index (χ3n) is 7.40. The van der Waals surface area contributed by atoms with Crippen LogP contribution in [0.4, 0.5) is 13.2 Å². The number of carbonyl (C=O) groups is 1. The predicted octanol–water partition coefficient (Wildman–Crippen LogP) is 5.54. The molecule has 0 radical (unpaired) electrons. The maximum atomic E-state index is 13.0. The molecule has 2 aromatic carbocycles. The number of likely N-dealkylation sites (tertiary alicyclic amines) is 1. The normalized spacial score (nSPS) is 25.2. The minimum atomic E-state index is -4.42. The average Bonchev–Trinajstić information content (AvgIpc) is 2.83. The summed E-state index contributed by atoms with van der Waals surface area (Å²) < 4.78 is 38.9. The lowest BCUT2D eigenvalue weighted by molar-refractivity contribution is -0.137. The quantitative estimate of drug-likeness (QED) is 0.418. The maximum absolute atomic E-state index is 13.0. The number of aromatic hydroxyl groups is 1. The number of halogens is 3. The summed E-state index contributed by atoms with van der Waals surface area (Å²) >= 11 is 0. The summed E-state index contributed by atoms with van der Waals surface area (Å²) in [4.78, 5) is 15.1. The number of piperidine rings is 1. The van der Waals surface area contributed by atoms with E-state index in [0.717, 1.165) is 63.0 Å². The standard InChI is InChI=1S/C28H31F3N2O2/c1-2-14-33-15-13-27(21-6-4-8-25(34)17-21)18-24(11-10-23(27)19-33)32-26(35)12-9-20-5-3-7-22(16-20)28(29,30)31/h2-9,12,16-17,23-24,34H,1,10-11,13-15,18-19H2,(H,32,35)/b12-9+. The van der Waals surface area contributed by atoms with Crippen molar-refractivity contribution in [3.05, 3.63) is 84.0 Å². The molecular weight excluding hydrogens is 453 g/mol. The van der Waals surface area contributed by atoms with E-state index in [1.807, 2.05) is 18.2 Å². The second-order valence-electron chi connectivity index (χ2n) is 9.65. The number of hydrogen-bond acceptors (Lipinski definition) is 3. The molecular formula is C28H31F3N2O2. The fourth-order valence-corrected chi connectivity index (χ4v) is 5.74. The Morgan fingerprint density at radius 1 is 1.20 bits per heavy atom. The highest BCUT2D eigenvalue weighted by molar-refractivity contribution is 5.92. The summed E-state index contributed by atoms with van der Waals surface area (Å²) in [5.74, 6) is 0.312. The molecule has 2 N–H and O–H groups in total. The maximum Gasteiger partial charge on any atom is 0.416 e. The molecule has 2 aliphatic rings. The lowest BCUT2D eigenvalue weighted by Gasteiger charge is -2.53. The molecule has 186 valence electrons. The number of amides is 1. The molecule has 1 amide bonds. The Balaban J connectivity index is 1.48. The van der Waals surface area contributed by atoms with Crippen molar-refractivity contribution in [2.45, 2.75) is 43.3 Å². The van der Waals surface area contributed by atoms with Crippen LogP contribution in [0.3, 0.4) is 0 Å². The summed E-state index contributed by atoms with van der Waals surface area (Å²) in [5.41, 5.74) is 0.523. The lowest BCUT2D eigenvalue weighted by atomic mass is 9.58. The van der Waals surface area contributed by atoms with Crippen molar-refractivity contribution < 1.29 is 23.1 Å². The van der Waals surface area contributed by atoms with Crippen LogP contribution in [-0.4, -0.2) is 41.6 Å². The van der Waals surface area contributed by atoms with Gasteiger partial charge in [0.1, 0.15) is 5.75 Å². The minimum absolute atomic E-state index is 0.0572. The third-order valence-corrected chi connectivity index (χ3v) is 7.40. The van der Waals surface area contributed by atoms with Gasteiger partial charge >= 0.3 is 6.18 Å². The van der Waals surface area contributed by atoms with Gasteiger partial charge in [-0.1, -0.05) is 30.3 Å². The molecule has 3 atom stereocenters. The Kier molecular flexibility index (Phi) is 7.36. The summed E-state index contributed by atoms with van der Waals surface area (Å²) in [6.07, 6.45) is 3.65. The van der Waals surface area contributed by atoms with Crippen molar-refractivity contribution in [1.29, 1.82) is 0 Å². The van der Waals surface area contributed by atoms with E-state index in [1.165, 1.54) is 24.3 Å². The van der Waals surface area contributed by atoms with Gasteiger partial charge < -0.3 is 10.4 Å². The number of nitrogens with one attached hydrogen (secondary N) is 1. The van der Waals surface area contributed by atoms with E-state index in [2.05, 4.69) is 22.9 Å². The first kappa shape index (κ1) is 25.0. The molecule has 0 bridgehead atoms. The van der Waals surface area contributed by atoms with Gasteiger partial charge in [0, 0.05) is 30.6 Å². The molecule has 4 nitrogen and oxygen atoms in total. The van der Waals surface area contributed by atoms with Gasteiger partial charge in [0.15, 0.2) is 0 Å². The topological polar surface area (TPSA) is 52.6 Å². The first-order chi connectivity index (χ1) is 16.7. The molecule has 0 aromatic heterocycles. The number of benzene rings is 2. The number of phenolic OH excluding ortho intramolecular Hbond substituents is 1. The summed E-state index contributed by atoms with van der Waals surface area (Å²) in [7, 11) is 0. The number of nitrogens with zero attached hydrogens (tertiary/aromatic N) is 1. The predicted molar refractivity (Wildman–Crippen MR) is 131 cm³/mol. The van der Waals surface area contributed by atoms with Crippen molar-refractivity contribution in [1.82, 2.24) is 10.2 Å².